The number of carbonyl (C=O) groups excluding carboxylic acids is 2. The average Bonchev–Trinajstić information content (AvgIpc) is 2.19. The van der Waals surface area contributed by atoms with Crippen LogP contribution in [0.15, 0.2) is 0 Å². The fourth-order valence-electron chi connectivity index (χ4n) is 1.80. The Morgan fingerprint density at radius 2 is 1.87 bits per heavy atom. The highest BCUT2D eigenvalue weighted by atomic mass is 16.7. The first-order chi connectivity index (χ1) is 7.06. The van der Waals surface area contributed by atoms with Crippen molar-refractivity contribution in [2.24, 2.45) is 5.92 Å². The Hall–Kier alpha value is -0.940. The van der Waals surface area contributed by atoms with Crippen LogP contribution < -0.4 is 0 Å². The highest BCUT2D eigenvalue weighted by Crippen LogP contribution is 2.18. The number of hydroxylamine groups is 2. The van der Waals surface area contributed by atoms with E-state index in [0.29, 0.717) is 0 Å². The molecule has 1 heterocycles. The van der Waals surface area contributed by atoms with E-state index in [0.717, 1.165) is 31.0 Å². The van der Waals surface area contributed by atoms with Crippen LogP contribution in [-0.4, -0.2) is 49.0 Å². The smallest absolute Gasteiger partial charge is 0.256 e. The zero-order valence-electron chi connectivity index (χ0n) is 9.52. The normalized spacial score (nSPS) is 18.9. The van der Waals surface area contributed by atoms with Gasteiger partial charge in [-0.2, -0.15) is 5.06 Å². The molecule has 0 saturated carbocycles. The summed E-state index contributed by atoms with van der Waals surface area (Å²) in [5, 5.41) is 0.857. The van der Waals surface area contributed by atoms with Crippen molar-refractivity contribution in [2.45, 2.75) is 19.8 Å². The molecule has 0 bridgehead atoms. The number of likely N-dealkylation sites (tertiary alicyclic amines) is 1. The van der Waals surface area contributed by atoms with Crippen molar-refractivity contribution >= 4 is 11.8 Å². The summed E-state index contributed by atoms with van der Waals surface area (Å²) >= 11 is 0. The summed E-state index contributed by atoms with van der Waals surface area (Å²) in [6.45, 7) is 3.12. The highest BCUT2D eigenvalue weighted by molar-refractivity contribution is 5.93. The van der Waals surface area contributed by atoms with Crippen LogP contribution in [0, 0.1) is 5.92 Å². The molecular weight excluding hydrogens is 196 g/mol. The predicted octanol–water partition coefficient (Wildman–Crippen LogP) is 0.265. The van der Waals surface area contributed by atoms with Gasteiger partial charge in [0.1, 0.15) is 0 Å². The SMILES string of the molecule is CON(C(C)=O)C(=O)C1CCN(C)CC1. The Morgan fingerprint density at radius 3 is 2.27 bits per heavy atom. The summed E-state index contributed by atoms with van der Waals surface area (Å²) in [7, 11) is 3.37. The second-order valence-corrected chi connectivity index (χ2v) is 3.91. The molecule has 0 aliphatic carbocycles. The summed E-state index contributed by atoms with van der Waals surface area (Å²) in [5.74, 6) is -0.649. The van der Waals surface area contributed by atoms with Crippen LogP contribution >= 0.6 is 0 Å². The first-order valence-electron chi connectivity index (χ1n) is 5.13. The molecule has 1 aliphatic heterocycles. The third-order valence-corrected chi connectivity index (χ3v) is 2.74. The maximum absolute atomic E-state index is 11.8. The van der Waals surface area contributed by atoms with Gasteiger partial charge in [-0.3, -0.25) is 14.4 Å². The number of hydrogen-bond donors (Lipinski definition) is 0. The van der Waals surface area contributed by atoms with E-state index < -0.39 is 0 Å². The van der Waals surface area contributed by atoms with Gasteiger partial charge in [-0.1, -0.05) is 0 Å². The molecule has 1 aliphatic rings. The molecule has 15 heavy (non-hydrogen) atoms. The predicted molar refractivity (Wildman–Crippen MR) is 54.8 cm³/mol. The quantitative estimate of drug-likeness (QED) is 0.619. The summed E-state index contributed by atoms with van der Waals surface area (Å²) < 4.78 is 0. The minimum atomic E-state index is -0.360. The molecule has 0 atom stereocenters. The molecule has 5 nitrogen and oxygen atoms in total. The molecule has 1 rings (SSSR count). The lowest BCUT2D eigenvalue weighted by Crippen LogP contribution is -2.43. The maximum Gasteiger partial charge on any atom is 0.256 e. The number of piperidine rings is 1. The largest absolute Gasteiger partial charge is 0.306 e. The molecule has 0 spiro atoms. The molecule has 1 saturated heterocycles. The van der Waals surface area contributed by atoms with Gasteiger partial charge in [-0.15, -0.1) is 0 Å². The fraction of sp³-hybridized carbons (Fsp3) is 0.800. The van der Waals surface area contributed by atoms with E-state index >= 15 is 0 Å². The van der Waals surface area contributed by atoms with E-state index in [4.69, 9.17) is 4.84 Å². The number of nitrogens with zero attached hydrogens (tertiary/aromatic N) is 2. The van der Waals surface area contributed by atoms with Crippen molar-refractivity contribution in [1.82, 2.24) is 9.96 Å². The lowest BCUT2D eigenvalue weighted by Gasteiger charge is -2.30. The van der Waals surface area contributed by atoms with Gasteiger partial charge in [0.15, 0.2) is 0 Å². The monoisotopic (exact) mass is 214 g/mol. The van der Waals surface area contributed by atoms with Crippen LogP contribution in [0.2, 0.25) is 0 Å². The Morgan fingerprint density at radius 1 is 1.33 bits per heavy atom. The van der Waals surface area contributed by atoms with Crippen LogP contribution in [0.4, 0.5) is 0 Å². The Balaban J connectivity index is 2.55. The first kappa shape index (κ1) is 12.1. The lowest BCUT2D eigenvalue weighted by molar-refractivity contribution is -0.189. The van der Waals surface area contributed by atoms with Crippen molar-refractivity contribution in [2.75, 3.05) is 27.2 Å². The summed E-state index contributed by atoms with van der Waals surface area (Å²) in [6, 6.07) is 0. The standard InChI is InChI=1S/C10H18N2O3/c1-8(13)12(15-3)10(14)9-4-6-11(2)7-5-9/h9H,4-7H2,1-3H3. The van der Waals surface area contributed by atoms with E-state index in [1.54, 1.807) is 0 Å². The molecule has 0 radical (unpaired) electrons. The van der Waals surface area contributed by atoms with E-state index in [1.165, 1.54) is 14.0 Å². The third-order valence-electron chi connectivity index (χ3n) is 2.74. The zero-order chi connectivity index (χ0) is 11.4. The van der Waals surface area contributed by atoms with Crippen LogP contribution in [-0.2, 0) is 14.4 Å². The summed E-state index contributed by atoms with van der Waals surface area (Å²) in [5.41, 5.74) is 0. The Labute approximate surface area is 89.9 Å². The molecular formula is C10H18N2O3. The number of imide groups is 1. The van der Waals surface area contributed by atoms with Crippen molar-refractivity contribution < 1.29 is 14.4 Å². The van der Waals surface area contributed by atoms with Gasteiger partial charge in [0.2, 0.25) is 5.91 Å². The number of rotatable bonds is 2. The number of hydrogen-bond acceptors (Lipinski definition) is 4. The van der Waals surface area contributed by atoms with Gasteiger partial charge in [0, 0.05) is 12.8 Å². The fourth-order valence-corrected chi connectivity index (χ4v) is 1.80. The molecule has 0 unspecified atom stereocenters. The van der Waals surface area contributed by atoms with Gasteiger partial charge < -0.3 is 4.90 Å². The molecule has 0 aromatic heterocycles. The summed E-state index contributed by atoms with van der Waals surface area (Å²) in [6.07, 6.45) is 1.59. The molecule has 0 aromatic carbocycles. The topological polar surface area (TPSA) is 49.9 Å². The van der Waals surface area contributed by atoms with Crippen molar-refractivity contribution in [3.05, 3.63) is 0 Å². The highest BCUT2D eigenvalue weighted by Gasteiger charge is 2.29. The zero-order valence-corrected chi connectivity index (χ0v) is 9.52. The maximum atomic E-state index is 11.8. The second-order valence-electron chi connectivity index (χ2n) is 3.91. The molecule has 0 aromatic rings. The van der Waals surface area contributed by atoms with Gasteiger partial charge in [-0.05, 0) is 33.0 Å². The molecule has 2 amide bonds. The molecule has 1 fully saturated rings. The summed E-state index contributed by atoms with van der Waals surface area (Å²) in [4.78, 5) is 29.9. The van der Waals surface area contributed by atoms with E-state index in [-0.39, 0.29) is 17.7 Å². The Kier molecular flexibility index (Phi) is 4.23. The van der Waals surface area contributed by atoms with E-state index in [2.05, 4.69) is 4.90 Å². The molecule has 5 heteroatoms. The third kappa shape index (κ3) is 3.00. The molecule has 0 N–H and O–H groups in total. The van der Waals surface area contributed by atoms with Crippen LogP contribution in [0.25, 0.3) is 0 Å². The van der Waals surface area contributed by atoms with Gasteiger partial charge in [-0.25, -0.2) is 0 Å². The second kappa shape index (κ2) is 5.23. The van der Waals surface area contributed by atoms with Crippen molar-refractivity contribution in [1.29, 1.82) is 0 Å². The van der Waals surface area contributed by atoms with Crippen LogP contribution in [0.3, 0.4) is 0 Å². The molecule has 86 valence electrons. The van der Waals surface area contributed by atoms with Gasteiger partial charge in [0.25, 0.3) is 5.91 Å². The lowest BCUT2D eigenvalue weighted by atomic mass is 9.96. The minimum absolute atomic E-state index is 0.0787. The van der Waals surface area contributed by atoms with Crippen LogP contribution in [0.5, 0.6) is 0 Å². The average molecular weight is 214 g/mol. The minimum Gasteiger partial charge on any atom is -0.306 e. The first-order valence-corrected chi connectivity index (χ1v) is 5.13. The van der Waals surface area contributed by atoms with Crippen LogP contribution in [0.1, 0.15) is 19.8 Å². The van der Waals surface area contributed by atoms with Crippen molar-refractivity contribution in [3.8, 4) is 0 Å². The van der Waals surface area contributed by atoms with Crippen molar-refractivity contribution in [3.63, 3.8) is 0 Å². The van der Waals surface area contributed by atoms with Gasteiger partial charge in [0.05, 0.1) is 7.11 Å². The number of amides is 2. The van der Waals surface area contributed by atoms with Gasteiger partial charge >= 0.3 is 0 Å². The van der Waals surface area contributed by atoms with E-state index in [1.807, 2.05) is 7.05 Å². The Bertz CT molecular complexity index is 247. The van der Waals surface area contributed by atoms with E-state index in [9.17, 15) is 9.59 Å². The number of carbonyl (C=O) groups is 2.